The Kier molecular flexibility index (Phi) is 27.0. The van der Waals surface area contributed by atoms with Crippen molar-refractivity contribution in [2.24, 2.45) is 41.4 Å². The van der Waals surface area contributed by atoms with Crippen molar-refractivity contribution in [3.63, 3.8) is 0 Å². The number of nitrogens with zero attached hydrogens (tertiary/aromatic N) is 6. The number of hydrogen-bond donors (Lipinski definition) is 23. The quantitative estimate of drug-likeness (QED) is 0.0455. The van der Waals surface area contributed by atoms with Gasteiger partial charge in [-0.05, 0) is 140 Å². The van der Waals surface area contributed by atoms with Gasteiger partial charge in [0.25, 0.3) is 0 Å². The maximum Gasteiger partial charge on any atom is 0.333 e. The highest BCUT2D eigenvalue weighted by molar-refractivity contribution is 6.32. The highest BCUT2D eigenvalue weighted by atomic mass is 35.5. The molecule has 11 bridgehead atoms. The number of ether oxygens (including phenoxy) is 10. The molecule has 9 heterocycles. The number of phenols is 4. The minimum absolute atomic E-state index is 0.0789. The van der Waals surface area contributed by atoms with Gasteiger partial charge in [-0.2, -0.15) is 0 Å². The third-order valence-corrected chi connectivity index (χ3v) is 22.9. The molecule has 9 aliphatic heterocycles. The van der Waals surface area contributed by atoms with Gasteiger partial charge in [-0.25, -0.2) is 34.7 Å². The summed E-state index contributed by atoms with van der Waals surface area (Å²) in [5.74, 6) is -14.2. The second-order valence-corrected chi connectivity index (χ2v) is 31.6. The second-order valence-electron chi connectivity index (χ2n) is 30.8. The summed E-state index contributed by atoms with van der Waals surface area (Å²) in [7, 11) is 1.42. The number of aliphatic imine (C=N–C) groups is 6. The zero-order valence-electron chi connectivity index (χ0n) is 66.4. The van der Waals surface area contributed by atoms with Gasteiger partial charge in [-0.1, -0.05) is 65.7 Å². The number of aromatic hydroxyl groups is 4. The predicted octanol–water partition coefficient (Wildman–Crippen LogP) is 5.34. The van der Waals surface area contributed by atoms with Gasteiger partial charge in [0.1, 0.15) is 95.1 Å². The van der Waals surface area contributed by atoms with Gasteiger partial charge >= 0.3 is 5.97 Å². The fourth-order valence-electron chi connectivity index (χ4n) is 15.5. The van der Waals surface area contributed by atoms with Gasteiger partial charge in [0.15, 0.2) is 66.4 Å². The molecule has 0 spiro atoms. The Balaban J connectivity index is 1.02. The number of phenolic OH excluding ortho intramolecular Hbond substituents is 4. The summed E-state index contributed by atoms with van der Waals surface area (Å²) >= 11 is 14.0. The number of likely N-dealkylation sites (N-methyl/N-ethyl adjacent to an activating group) is 1. The number of benzene rings is 7. The van der Waals surface area contributed by atoms with Crippen molar-refractivity contribution in [1.29, 1.82) is 0 Å². The SMILES string of the molecule is CN[C@@H](C(O)=N[C@H]1C(O)=N[C@@H](c2ccc(O)c(Cl)c2)C(O)=N[C@H]2C(O)=N[C@H]3C(O)=N[C@H](C(O)=N[C@@H](C(=O)O)c4cc(O)cc(O)c4-c4cc3ccc4O)[C@H](OC3CC(N)C(O)C(C)O3)c3ccc(c(Cl)c3)Oc3cc2cc(c3OC2OC(CO)C(O)C(O)C2OC2CC(N)C(O)C(C)O2)Oc2ccc(cc2)[C@H]1O)c1ccc(OC2OC(C)C(O)C(O)C2O)cc1. The highest BCUT2D eigenvalue weighted by Gasteiger charge is 2.51. The maximum absolute atomic E-state index is 13.8. The number of aliphatic carboxylic acids is 1. The number of rotatable bonds is 15. The van der Waals surface area contributed by atoms with Crippen LogP contribution in [0.3, 0.4) is 0 Å². The van der Waals surface area contributed by atoms with Gasteiger partial charge in [0.05, 0.1) is 47.2 Å². The maximum atomic E-state index is 13.8. The first kappa shape index (κ1) is 90.3. The van der Waals surface area contributed by atoms with Crippen molar-refractivity contribution >= 4 is 64.6 Å². The van der Waals surface area contributed by atoms with Crippen LogP contribution in [0.1, 0.15) is 115 Å². The molecule has 4 saturated heterocycles. The molecule has 0 aliphatic carbocycles. The van der Waals surface area contributed by atoms with Crippen molar-refractivity contribution in [2.75, 3.05) is 13.7 Å². The second kappa shape index (κ2) is 37.3. The third kappa shape index (κ3) is 18.9. The molecule has 18 unspecified atom stereocenters. The lowest BCUT2D eigenvalue weighted by atomic mass is 9.90. The molecule has 4 fully saturated rings. The van der Waals surface area contributed by atoms with E-state index >= 15 is 0 Å². The van der Waals surface area contributed by atoms with E-state index in [-0.39, 0.29) is 57.9 Å². The molecule has 40 nitrogen and oxygen atoms in total. The van der Waals surface area contributed by atoms with E-state index in [4.69, 9.17) is 82.0 Å². The molecule has 0 saturated carbocycles. The smallest absolute Gasteiger partial charge is 0.333 e. The van der Waals surface area contributed by atoms with Gasteiger partial charge in [0, 0.05) is 47.7 Å². The van der Waals surface area contributed by atoms with E-state index in [0.29, 0.717) is 0 Å². The fourth-order valence-corrected chi connectivity index (χ4v) is 15.9. The number of carbonyl (C=O) groups is 1. The molecule has 125 heavy (non-hydrogen) atoms. The summed E-state index contributed by atoms with van der Waals surface area (Å²) in [4.78, 5) is 40.8. The first-order valence-corrected chi connectivity index (χ1v) is 39.9. The normalized spacial score (nSPS) is 32.4. The van der Waals surface area contributed by atoms with Crippen molar-refractivity contribution < 1.29 is 154 Å². The van der Waals surface area contributed by atoms with Crippen LogP contribution < -0.4 is 35.7 Å². The molecule has 0 radical (unpaired) electrons. The number of carboxylic acid groups (broad SMARTS) is 1. The minimum atomic E-state index is -2.38. The topological polar surface area (TPSA) is 652 Å². The Morgan fingerprint density at radius 1 is 0.528 bits per heavy atom. The van der Waals surface area contributed by atoms with Gasteiger partial charge in [0.2, 0.25) is 53.7 Å². The summed E-state index contributed by atoms with van der Waals surface area (Å²) in [5, 5.41) is 238. The van der Waals surface area contributed by atoms with Crippen LogP contribution in [0.5, 0.6) is 57.5 Å². The molecule has 0 aromatic heterocycles. The van der Waals surface area contributed by atoms with Crippen LogP contribution in [0.25, 0.3) is 11.1 Å². The van der Waals surface area contributed by atoms with Crippen molar-refractivity contribution in [1.82, 2.24) is 5.32 Å². The number of hydrogen-bond acceptors (Lipinski definition) is 33. The number of halogens is 2. The predicted molar refractivity (Wildman–Crippen MR) is 440 cm³/mol. The molecular formula is C83H91Cl2N9O31. The first-order valence-electron chi connectivity index (χ1n) is 39.2. The molecule has 7 aromatic rings. The van der Waals surface area contributed by atoms with Crippen LogP contribution in [0.4, 0.5) is 0 Å². The Labute approximate surface area is 719 Å². The zero-order chi connectivity index (χ0) is 89.7. The number of aliphatic hydroxyl groups is 15. The van der Waals surface area contributed by atoms with E-state index in [1.54, 1.807) is 0 Å². The van der Waals surface area contributed by atoms with Gasteiger partial charge < -0.3 is 166 Å². The molecule has 16 rings (SSSR count). The Morgan fingerprint density at radius 2 is 1.10 bits per heavy atom. The minimum Gasteiger partial charge on any atom is -0.508 e. The van der Waals surface area contributed by atoms with E-state index in [9.17, 15) is 107 Å². The number of nitrogens with two attached hydrogens (primary N) is 2. The summed E-state index contributed by atoms with van der Waals surface area (Å²) in [6.45, 7) is 3.44. The van der Waals surface area contributed by atoms with Crippen LogP contribution in [0.2, 0.25) is 10.0 Å². The number of aliphatic hydroxyl groups excluding tert-OH is 15. The Hall–Kier alpha value is -10.9. The van der Waals surface area contributed by atoms with Crippen LogP contribution in [0, 0.1) is 0 Å². The number of nitrogens with one attached hydrogen (secondary N) is 1. The molecule has 25 N–H and O–H groups in total. The van der Waals surface area contributed by atoms with Crippen LogP contribution >= 0.6 is 23.2 Å². The zero-order valence-corrected chi connectivity index (χ0v) is 67.9. The molecule has 0 amide bonds. The lowest BCUT2D eigenvalue weighted by Gasteiger charge is -2.44. The molecule has 27 atom stereocenters. The van der Waals surface area contributed by atoms with E-state index in [1.165, 1.54) is 94.5 Å². The number of fused-ring (bicyclic) bond motifs is 12. The largest absolute Gasteiger partial charge is 0.508 e. The van der Waals surface area contributed by atoms with E-state index in [0.717, 1.165) is 60.7 Å². The van der Waals surface area contributed by atoms with E-state index in [1.807, 2.05) is 0 Å². The summed E-state index contributed by atoms with van der Waals surface area (Å²) in [5.41, 5.74) is 10.2. The highest BCUT2D eigenvalue weighted by Crippen LogP contribution is 2.51. The third-order valence-electron chi connectivity index (χ3n) is 22.3. The lowest BCUT2D eigenvalue weighted by Crippen LogP contribution is -2.62. The van der Waals surface area contributed by atoms with Crippen LogP contribution in [-0.2, 0) is 33.2 Å². The monoisotopic (exact) mass is 1780 g/mol. The first-order chi connectivity index (χ1) is 59.4. The van der Waals surface area contributed by atoms with Crippen LogP contribution in [-0.4, -0.2) is 280 Å². The summed E-state index contributed by atoms with van der Waals surface area (Å²) in [6, 6.07) is 7.84. The standard InChI is InChI=1S/C83H91Cl2N9O31/c1-29-64(100)45(86)26-54(116-29)123-72-36-11-18-50(44(85)21-36)121-52-23-37-22-51(73(52)125-83-74(70(106)68(104)53(28-95)122-83)124-55-27-46(87)65(101)30(2)117-55)119-39-14-7-33(8-15-39)67(103)62(93-75(108)57(88-4)32-5-12-40(13-6-32)120-82-71(107)69(105)66(102)31(3)118-82)79(112)90-59(35-10-17-48(98)43(84)20-35)76(109)91-60(37)78(111)89-58-34-9-16-47(97)41(19-34)56-42(24-38(96)25-49(56)99)61(81(114)115)92-80(113)63(72)94-77(58)110/h5-25,29-31,45-46,53-55,57-72,74,82-83,88,95-107H,26-28,86-87H2,1-4H3,(H,89,111)(H,90,112)(H,91,109)(H,92,113)(H,93,108)(H,94,110)(H,114,115)/t29?,30?,31?,45?,46?,53?,54?,55?,57-,58-,59+,60-,61-,62-,63+,64?,65?,66?,67-,68?,69?,70?,71?,72-,74?,82?,83?/m1/s1. The van der Waals surface area contributed by atoms with Crippen molar-refractivity contribution in [2.45, 2.75) is 199 Å². The van der Waals surface area contributed by atoms with Crippen LogP contribution in [0.15, 0.2) is 157 Å². The van der Waals surface area contributed by atoms with E-state index < -0.39 is 286 Å². The van der Waals surface area contributed by atoms with Gasteiger partial charge in [-0.15, -0.1) is 0 Å². The Morgan fingerprint density at radius 3 is 1.70 bits per heavy atom. The molecule has 42 heteroatoms. The molecule has 9 aliphatic rings. The lowest BCUT2D eigenvalue weighted by molar-refractivity contribution is -0.330. The fraction of sp³-hybridized carbons (Fsp3) is 0.410. The molecule has 668 valence electrons. The van der Waals surface area contributed by atoms with Gasteiger partial charge in [-0.3, -0.25) is 0 Å². The summed E-state index contributed by atoms with van der Waals surface area (Å²) in [6.07, 6.45) is -28.7. The molecular weight excluding hydrogens is 1690 g/mol. The van der Waals surface area contributed by atoms with Crippen molar-refractivity contribution in [3.05, 3.63) is 176 Å². The average Bonchev–Trinajstić information content (AvgIpc) is 0.770. The Bertz CT molecular complexity index is 5300. The summed E-state index contributed by atoms with van der Waals surface area (Å²) < 4.78 is 63.4. The average molecular weight is 1780 g/mol. The van der Waals surface area contributed by atoms with Crippen molar-refractivity contribution in [3.8, 4) is 68.6 Å². The van der Waals surface area contributed by atoms with E-state index in [2.05, 4.69) is 35.3 Å². The molecule has 7 aromatic carbocycles. The number of carboxylic acids is 1.